The molecule has 0 radical (unpaired) electrons. The van der Waals surface area contributed by atoms with E-state index < -0.39 is 0 Å². The Bertz CT molecular complexity index is 1200. The minimum Gasteiger partial charge on any atom is -0.278 e. The van der Waals surface area contributed by atoms with Gasteiger partial charge in [-0.05, 0) is 46.9 Å². The van der Waals surface area contributed by atoms with Crippen molar-refractivity contribution >= 4 is 17.0 Å². The lowest BCUT2D eigenvalue weighted by Gasteiger charge is -2.34. The summed E-state index contributed by atoms with van der Waals surface area (Å²) in [6.07, 6.45) is 3.15. The molecule has 32 heavy (non-hydrogen) atoms. The fourth-order valence-corrected chi connectivity index (χ4v) is 4.59. The van der Waals surface area contributed by atoms with Crippen LogP contribution < -0.4 is 5.43 Å². The van der Waals surface area contributed by atoms with Crippen LogP contribution in [-0.4, -0.2) is 5.71 Å². The van der Waals surface area contributed by atoms with Gasteiger partial charge in [-0.25, -0.2) is 0 Å². The van der Waals surface area contributed by atoms with Gasteiger partial charge in [0.1, 0.15) is 0 Å². The minimum atomic E-state index is 0.261. The molecule has 2 nitrogen and oxygen atoms in total. The van der Waals surface area contributed by atoms with Crippen LogP contribution in [0.25, 0.3) is 5.57 Å². The molecule has 0 spiro atoms. The van der Waals surface area contributed by atoms with Crippen LogP contribution in [0.15, 0.2) is 133 Å². The number of nitrogens with zero attached hydrogens (tertiary/aromatic N) is 1. The van der Waals surface area contributed by atoms with Gasteiger partial charge in [-0.1, -0.05) is 109 Å². The highest BCUT2D eigenvalue weighted by atomic mass is 15.3. The van der Waals surface area contributed by atoms with Gasteiger partial charge in [0.15, 0.2) is 0 Å². The summed E-state index contributed by atoms with van der Waals surface area (Å²) in [5, 5.41) is 4.82. The molecule has 0 saturated heterocycles. The second-order valence-electron chi connectivity index (χ2n) is 8.16. The Morgan fingerprint density at radius 3 is 1.75 bits per heavy atom. The maximum Gasteiger partial charge on any atom is 0.0616 e. The Labute approximate surface area is 190 Å². The first kappa shape index (κ1) is 20.0. The molecule has 1 aliphatic carbocycles. The summed E-state index contributed by atoms with van der Waals surface area (Å²) in [5.41, 5.74) is 10.6. The van der Waals surface area contributed by atoms with Gasteiger partial charge in [0.2, 0.25) is 0 Å². The highest BCUT2D eigenvalue weighted by Gasteiger charge is 2.33. The number of hydrogen-bond donors (Lipinski definition) is 1. The van der Waals surface area contributed by atoms with Gasteiger partial charge in [-0.3, -0.25) is 5.43 Å². The summed E-state index contributed by atoms with van der Waals surface area (Å²) in [6, 6.07) is 42.6. The van der Waals surface area contributed by atoms with Gasteiger partial charge in [0.25, 0.3) is 0 Å². The van der Waals surface area contributed by atoms with E-state index in [9.17, 15) is 0 Å². The van der Waals surface area contributed by atoms with Crippen molar-refractivity contribution in [2.24, 2.45) is 5.10 Å². The van der Waals surface area contributed by atoms with Gasteiger partial charge < -0.3 is 0 Å². The van der Waals surface area contributed by atoms with Crippen LogP contribution >= 0.6 is 0 Å². The van der Waals surface area contributed by atoms with Crippen LogP contribution in [0.2, 0.25) is 0 Å². The van der Waals surface area contributed by atoms with Crippen LogP contribution in [0.5, 0.6) is 0 Å². The highest BCUT2D eigenvalue weighted by molar-refractivity contribution is 6.05. The van der Waals surface area contributed by atoms with Gasteiger partial charge in [-0.2, -0.15) is 5.10 Å². The smallest absolute Gasteiger partial charge is 0.0616 e. The second-order valence-corrected chi connectivity index (χ2v) is 8.16. The quantitative estimate of drug-likeness (QED) is 0.336. The summed E-state index contributed by atoms with van der Waals surface area (Å²) in [4.78, 5) is 0. The molecule has 0 amide bonds. The maximum atomic E-state index is 4.82. The molecule has 0 aromatic heterocycles. The maximum absolute atomic E-state index is 4.82. The third-order valence-corrected chi connectivity index (χ3v) is 6.08. The van der Waals surface area contributed by atoms with E-state index in [2.05, 4.69) is 102 Å². The molecule has 2 unspecified atom stereocenters. The largest absolute Gasteiger partial charge is 0.278 e. The molecular weight excluding hydrogens is 388 g/mol. The molecule has 0 fully saturated rings. The first-order valence-corrected chi connectivity index (χ1v) is 11.1. The predicted octanol–water partition coefficient (Wildman–Crippen LogP) is 7.51. The SMILES string of the molecule is C1=C(c2ccccc2)C(c2ccccc2)C(c2ccccc2)C/C1=N/Nc1ccccc1. The molecule has 1 aliphatic rings. The van der Waals surface area contributed by atoms with Gasteiger partial charge >= 0.3 is 0 Å². The number of nitrogens with one attached hydrogen (secondary N) is 1. The van der Waals surface area contributed by atoms with Crippen molar-refractivity contribution in [2.45, 2.75) is 18.3 Å². The average Bonchev–Trinajstić information content (AvgIpc) is 2.89. The van der Waals surface area contributed by atoms with Gasteiger partial charge in [-0.15, -0.1) is 0 Å². The molecule has 4 aromatic carbocycles. The van der Waals surface area contributed by atoms with Gasteiger partial charge in [0.05, 0.1) is 11.4 Å². The van der Waals surface area contributed by atoms with E-state index >= 15 is 0 Å². The van der Waals surface area contributed by atoms with Crippen molar-refractivity contribution in [3.05, 3.63) is 144 Å². The van der Waals surface area contributed by atoms with Crippen LogP contribution in [-0.2, 0) is 0 Å². The Hall–Kier alpha value is -3.91. The summed E-state index contributed by atoms with van der Waals surface area (Å²) in [7, 11) is 0. The van der Waals surface area contributed by atoms with Crippen LogP contribution in [0, 0.1) is 0 Å². The Morgan fingerprint density at radius 2 is 1.12 bits per heavy atom. The van der Waals surface area contributed by atoms with E-state index in [1.54, 1.807) is 0 Å². The third-order valence-electron chi connectivity index (χ3n) is 6.08. The first-order chi connectivity index (χ1) is 15.9. The topological polar surface area (TPSA) is 24.4 Å². The molecule has 4 aromatic rings. The van der Waals surface area contributed by atoms with Crippen molar-refractivity contribution < 1.29 is 0 Å². The zero-order valence-electron chi connectivity index (χ0n) is 17.9. The van der Waals surface area contributed by atoms with Crippen molar-refractivity contribution in [3.8, 4) is 0 Å². The monoisotopic (exact) mass is 414 g/mol. The van der Waals surface area contributed by atoms with E-state index in [-0.39, 0.29) is 5.92 Å². The number of allylic oxidation sites excluding steroid dienone is 2. The minimum absolute atomic E-state index is 0.261. The number of hydrazone groups is 1. The summed E-state index contributed by atoms with van der Waals surface area (Å²) in [5.74, 6) is 0.562. The zero-order chi connectivity index (χ0) is 21.6. The van der Waals surface area contributed by atoms with Gasteiger partial charge in [0, 0.05) is 11.8 Å². The van der Waals surface area contributed by atoms with Crippen LogP contribution in [0.4, 0.5) is 5.69 Å². The van der Waals surface area contributed by atoms with E-state index in [1.165, 1.54) is 22.3 Å². The molecular formula is C30H26N2. The van der Waals surface area contributed by atoms with Crippen LogP contribution in [0.1, 0.15) is 34.9 Å². The predicted molar refractivity (Wildman–Crippen MR) is 135 cm³/mol. The molecule has 2 atom stereocenters. The molecule has 156 valence electrons. The normalized spacial score (nSPS) is 19.4. The molecule has 2 heteroatoms. The first-order valence-electron chi connectivity index (χ1n) is 11.1. The number of rotatable bonds is 5. The van der Waals surface area contributed by atoms with E-state index in [0.29, 0.717) is 5.92 Å². The fourth-order valence-electron chi connectivity index (χ4n) is 4.59. The summed E-state index contributed by atoms with van der Waals surface area (Å²) in [6.45, 7) is 0. The van der Waals surface area contributed by atoms with Crippen molar-refractivity contribution in [1.82, 2.24) is 0 Å². The summed E-state index contributed by atoms with van der Waals surface area (Å²) >= 11 is 0. The van der Waals surface area contributed by atoms with E-state index in [4.69, 9.17) is 5.10 Å². The molecule has 0 aliphatic heterocycles. The highest BCUT2D eigenvalue weighted by Crippen LogP contribution is 2.47. The number of benzene rings is 4. The van der Waals surface area contributed by atoms with E-state index in [0.717, 1.165) is 17.8 Å². The molecule has 0 heterocycles. The van der Waals surface area contributed by atoms with E-state index in [1.807, 2.05) is 30.3 Å². The molecule has 0 saturated carbocycles. The number of anilines is 1. The second kappa shape index (κ2) is 9.49. The Morgan fingerprint density at radius 1 is 0.594 bits per heavy atom. The molecule has 5 rings (SSSR count). The third kappa shape index (κ3) is 4.40. The molecule has 1 N–H and O–H groups in total. The van der Waals surface area contributed by atoms with Crippen molar-refractivity contribution in [3.63, 3.8) is 0 Å². The fraction of sp³-hybridized carbons (Fsp3) is 0.100. The number of hydrogen-bond acceptors (Lipinski definition) is 2. The Balaban J connectivity index is 1.63. The lowest BCUT2D eigenvalue weighted by molar-refractivity contribution is 0.645. The summed E-state index contributed by atoms with van der Waals surface area (Å²) < 4.78 is 0. The Kier molecular flexibility index (Phi) is 5.93. The standard InChI is InChI=1S/C30H26N2/c1-5-13-23(14-6-1)28-21-27(32-31-26-19-11-4-12-20-26)22-29(24-15-7-2-8-16-24)30(28)25-17-9-3-10-18-25/h1-21,29-31H,22H2/b32-27+. The zero-order valence-corrected chi connectivity index (χ0v) is 17.9. The average molecular weight is 415 g/mol. The number of para-hydroxylation sites is 1. The van der Waals surface area contributed by atoms with Crippen molar-refractivity contribution in [1.29, 1.82) is 0 Å². The molecule has 0 bridgehead atoms. The van der Waals surface area contributed by atoms with Crippen molar-refractivity contribution in [2.75, 3.05) is 5.43 Å². The lowest BCUT2D eigenvalue weighted by atomic mass is 9.69. The lowest BCUT2D eigenvalue weighted by Crippen LogP contribution is -2.22. The van der Waals surface area contributed by atoms with Crippen LogP contribution in [0.3, 0.4) is 0 Å².